The van der Waals surface area contributed by atoms with Gasteiger partial charge in [0.05, 0.1) is 25.4 Å². The fraction of sp³-hybridized carbons (Fsp3) is 0.227. The van der Waals surface area contributed by atoms with Gasteiger partial charge in [-0.1, -0.05) is 6.07 Å². The largest absolute Gasteiger partial charge is 0.497 e. The molecule has 1 aromatic carbocycles. The minimum atomic E-state index is -0.203. The molecule has 0 bridgehead atoms. The number of fused-ring (bicyclic) bond motifs is 1. The first-order valence-electron chi connectivity index (χ1n) is 9.58. The van der Waals surface area contributed by atoms with Gasteiger partial charge in [0.2, 0.25) is 5.91 Å². The number of aromatic nitrogens is 2. The van der Waals surface area contributed by atoms with Crippen molar-refractivity contribution in [1.29, 1.82) is 0 Å². The van der Waals surface area contributed by atoms with E-state index in [2.05, 4.69) is 4.98 Å². The Morgan fingerprint density at radius 3 is 2.65 bits per heavy atom. The highest BCUT2D eigenvalue weighted by atomic mass is 32.1. The second-order valence-corrected chi connectivity index (χ2v) is 8.63. The van der Waals surface area contributed by atoms with Gasteiger partial charge in [-0.3, -0.25) is 14.2 Å². The smallest absolute Gasteiger partial charge is 0.263 e. The lowest BCUT2D eigenvalue weighted by Crippen LogP contribution is -2.36. The topological polar surface area (TPSA) is 73.7 Å². The van der Waals surface area contributed by atoms with Gasteiger partial charge in [-0.05, 0) is 35.7 Å². The molecule has 4 aromatic rings. The van der Waals surface area contributed by atoms with Crippen LogP contribution in [0.2, 0.25) is 0 Å². The van der Waals surface area contributed by atoms with Crippen molar-refractivity contribution in [2.24, 2.45) is 0 Å². The summed E-state index contributed by atoms with van der Waals surface area (Å²) < 4.78 is 12.2. The molecule has 0 aliphatic heterocycles. The molecule has 3 heterocycles. The number of hydrogen-bond donors (Lipinski definition) is 0. The van der Waals surface area contributed by atoms with E-state index in [-0.39, 0.29) is 18.0 Å². The van der Waals surface area contributed by atoms with E-state index in [1.54, 1.807) is 30.4 Å². The number of likely N-dealkylation sites (N-methyl/N-ethyl adjacent to an activating group) is 1. The number of rotatable bonds is 8. The third kappa shape index (κ3) is 4.62. The summed E-state index contributed by atoms with van der Waals surface area (Å²) in [7, 11) is 3.30. The SMILES string of the molecule is COc1ccc(OCCN(C)C(=O)Cn2cnc3scc(-c4cccs4)c3c2=O)cc1. The van der Waals surface area contributed by atoms with Crippen LogP contribution >= 0.6 is 22.7 Å². The van der Waals surface area contributed by atoms with Gasteiger partial charge in [-0.15, -0.1) is 22.7 Å². The van der Waals surface area contributed by atoms with Crippen molar-refractivity contribution in [1.82, 2.24) is 14.5 Å². The number of nitrogens with zero attached hydrogens (tertiary/aromatic N) is 3. The molecule has 0 spiro atoms. The summed E-state index contributed by atoms with van der Waals surface area (Å²) in [5.41, 5.74) is 0.668. The maximum Gasteiger partial charge on any atom is 0.263 e. The van der Waals surface area contributed by atoms with Gasteiger partial charge in [0.1, 0.15) is 29.5 Å². The molecular weight excluding hydrogens is 434 g/mol. The summed E-state index contributed by atoms with van der Waals surface area (Å²) >= 11 is 3.01. The lowest BCUT2D eigenvalue weighted by molar-refractivity contribution is -0.130. The van der Waals surface area contributed by atoms with Crippen LogP contribution in [0.3, 0.4) is 0 Å². The van der Waals surface area contributed by atoms with Crippen molar-refractivity contribution in [3.8, 4) is 21.9 Å². The monoisotopic (exact) mass is 455 g/mol. The fourth-order valence-electron chi connectivity index (χ4n) is 3.06. The van der Waals surface area contributed by atoms with Gasteiger partial charge < -0.3 is 14.4 Å². The van der Waals surface area contributed by atoms with Crippen molar-refractivity contribution in [3.05, 3.63) is 63.8 Å². The molecule has 0 N–H and O–H groups in total. The molecule has 0 aliphatic rings. The Kier molecular flexibility index (Phi) is 6.34. The quantitative estimate of drug-likeness (QED) is 0.405. The maximum atomic E-state index is 13.0. The van der Waals surface area contributed by atoms with E-state index in [4.69, 9.17) is 9.47 Å². The summed E-state index contributed by atoms with van der Waals surface area (Å²) in [6.45, 7) is 0.669. The predicted molar refractivity (Wildman–Crippen MR) is 123 cm³/mol. The maximum absolute atomic E-state index is 13.0. The predicted octanol–water partition coefficient (Wildman–Crippen LogP) is 3.73. The Morgan fingerprint density at radius 2 is 1.94 bits per heavy atom. The minimum Gasteiger partial charge on any atom is -0.497 e. The molecule has 31 heavy (non-hydrogen) atoms. The number of ether oxygens (including phenoxy) is 2. The zero-order chi connectivity index (χ0) is 21.8. The molecular formula is C22H21N3O4S2. The average Bonchev–Trinajstić information content (AvgIpc) is 3.46. The molecule has 9 heteroatoms. The van der Waals surface area contributed by atoms with Gasteiger partial charge in [0.25, 0.3) is 5.56 Å². The number of amides is 1. The van der Waals surface area contributed by atoms with Crippen molar-refractivity contribution in [2.75, 3.05) is 27.3 Å². The molecule has 4 rings (SSSR count). The zero-order valence-electron chi connectivity index (χ0n) is 17.1. The summed E-state index contributed by atoms with van der Waals surface area (Å²) in [5, 5.41) is 4.48. The Balaban J connectivity index is 1.41. The van der Waals surface area contributed by atoms with Crippen LogP contribution in [0, 0.1) is 0 Å². The van der Waals surface area contributed by atoms with Gasteiger partial charge in [0.15, 0.2) is 0 Å². The second-order valence-electron chi connectivity index (χ2n) is 6.82. The molecule has 7 nitrogen and oxygen atoms in total. The first-order valence-corrected chi connectivity index (χ1v) is 11.3. The van der Waals surface area contributed by atoms with E-state index in [1.807, 2.05) is 47.2 Å². The summed E-state index contributed by atoms with van der Waals surface area (Å²) in [4.78, 5) is 33.3. The molecule has 0 aliphatic carbocycles. The molecule has 0 saturated carbocycles. The first kappa shape index (κ1) is 21.1. The Morgan fingerprint density at radius 1 is 1.16 bits per heavy atom. The van der Waals surface area contributed by atoms with Crippen LogP contribution in [0.5, 0.6) is 11.5 Å². The van der Waals surface area contributed by atoms with Crippen molar-refractivity contribution >= 4 is 38.8 Å². The molecule has 3 aromatic heterocycles. The van der Waals surface area contributed by atoms with Crippen LogP contribution in [0.15, 0.2) is 58.3 Å². The lowest BCUT2D eigenvalue weighted by atomic mass is 10.2. The highest BCUT2D eigenvalue weighted by Gasteiger charge is 2.16. The van der Waals surface area contributed by atoms with Crippen LogP contribution in [-0.4, -0.2) is 47.7 Å². The van der Waals surface area contributed by atoms with Gasteiger partial charge in [-0.25, -0.2) is 4.98 Å². The van der Waals surface area contributed by atoms with E-state index in [0.717, 1.165) is 16.2 Å². The normalized spacial score (nSPS) is 10.9. The van der Waals surface area contributed by atoms with Gasteiger partial charge >= 0.3 is 0 Å². The standard InChI is InChI=1S/C22H21N3O4S2/c1-24(9-10-29-16-7-5-15(28-2)6-8-16)19(26)12-25-14-23-21-20(22(25)27)17(13-31-21)18-4-3-11-30-18/h3-8,11,13-14H,9-10,12H2,1-2H3. The van der Waals surface area contributed by atoms with Crippen LogP contribution in [0.1, 0.15) is 0 Å². The van der Waals surface area contributed by atoms with Crippen molar-refractivity contribution in [2.45, 2.75) is 6.54 Å². The summed E-state index contributed by atoms with van der Waals surface area (Å²) in [6.07, 6.45) is 1.44. The Bertz CT molecular complexity index is 1230. The van der Waals surface area contributed by atoms with E-state index in [0.29, 0.717) is 29.1 Å². The fourth-order valence-corrected chi connectivity index (χ4v) is 4.78. The lowest BCUT2D eigenvalue weighted by Gasteiger charge is -2.18. The van der Waals surface area contributed by atoms with Gasteiger partial charge in [-0.2, -0.15) is 0 Å². The Labute approximate surface area is 187 Å². The average molecular weight is 456 g/mol. The molecule has 0 fully saturated rings. The molecule has 0 saturated heterocycles. The van der Waals surface area contributed by atoms with Crippen LogP contribution in [-0.2, 0) is 11.3 Å². The molecule has 0 unspecified atom stereocenters. The number of hydrogen-bond acceptors (Lipinski definition) is 7. The van der Waals surface area contributed by atoms with Crippen LogP contribution < -0.4 is 15.0 Å². The molecule has 0 radical (unpaired) electrons. The first-order chi connectivity index (χ1) is 15.1. The molecule has 160 valence electrons. The molecule has 0 atom stereocenters. The third-order valence-electron chi connectivity index (χ3n) is 4.83. The number of methoxy groups -OCH3 is 1. The number of carbonyl (C=O) groups is 1. The highest BCUT2D eigenvalue weighted by Crippen LogP contribution is 2.33. The van der Waals surface area contributed by atoms with Crippen LogP contribution in [0.25, 0.3) is 20.7 Å². The minimum absolute atomic E-state index is 0.0689. The van der Waals surface area contributed by atoms with Crippen LogP contribution in [0.4, 0.5) is 0 Å². The number of carbonyl (C=O) groups excluding carboxylic acids is 1. The van der Waals surface area contributed by atoms with E-state index in [1.165, 1.54) is 22.2 Å². The van der Waals surface area contributed by atoms with Gasteiger partial charge in [0, 0.05) is 22.9 Å². The molecule has 1 amide bonds. The number of thiophene rings is 2. The van der Waals surface area contributed by atoms with E-state index >= 15 is 0 Å². The summed E-state index contributed by atoms with van der Waals surface area (Å²) in [5.74, 6) is 1.27. The van der Waals surface area contributed by atoms with E-state index in [9.17, 15) is 9.59 Å². The Hall–Kier alpha value is -3.17. The third-order valence-corrected chi connectivity index (χ3v) is 6.62. The highest BCUT2D eigenvalue weighted by molar-refractivity contribution is 7.18. The van der Waals surface area contributed by atoms with Crippen molar-refractivity contribution < 1.29 is 14.3 Å². The second kappa shape index (κ2) is 9.32. The summed E-state index contributed by atoms with van der Waals surface area (Å²) in [6, 6.07) is 11.2. The van der Waals surface area contributed by atoms with E-state index < -0.39 is 0 Å². The zero-order valence-corrected chi connectivity index (χ0v) is 18.7. The number of benzene rings is 1. The van der Waals surface area contributed by atoms with Crippen molar-refractivity contribution in [3.63, 3.8) is 0 Å².